The fraction of sp³-hybridized carbons (Fsp3) is 0.429. The maximum atomic E-state index is 11.5. The minimum Gasteiger partial charge on any atom is -0.370 e. The molecule has 2 amide bonds. The molecule has 0 aliphatic carbocycles. The first kappa shape index (κ1) is 15.0. The predicted molar refractivity (Wildman–Crippen MR) is 78.5 cm³/mol. The van der Waals surface area contributed by atoms with Gasteiger partial charge in [0.1, 0.15) is 0 Å². The standard InChI is InChI=1S/C14H22N4O/c1-3-5-6-10-7-8-12(11(4-2)9-10)17-14(19)18-13(15)16/h7-9H,3-6H2,1-2H3,(H5,15,16,17,18,19). The molecule has 5 heteroatoms. The Bertz CT molecular complexity index is 457. The van der Waals surface area contributed by atoms with Gasteiger partial charge in [-0.1, -0.05) is 32.4 Å². The summed E-state index contributed by atoms with van der Waals surface area (Å²) in [6, 6.07) is 5.57. The number of guanidine groups is 1. The minimum absolute atomic E-state index is 0.366. The summed E-state index contributed by atoms with van der Waals surface area (Å²) in [5.41, 5.74) is 8.25. The number of aryl methyl sites for hydroxylation is 2. The number of hydrogen-bond donors (Lipinski definition) is 4. The van der Waals surface area contributed by atoms with E-state index in [1.165, 1.54) is 18.4 Å². The van der Waals surface area contributed by atoms with Crippen LogP contribution in [0.4, 0.5) is 10.5 Å². The normalized spacial score (nSPS) is 10.0. The van der Waals surface area contributed by atoms with Gasteiger partial charge >= 0.3 is 6.03 Å². The number of nitrogens with one attached hydrogen (secondary N) is 3. The van der Waals surface area contributed by atoms with Crippen LogP contribution in [-0.4, -0.2) is 12.0 Å². The van der Waals surface area contributed by atoms with Crippen LogP contribution < -0.4 is 16.4 Å². The second kappa shape index (κ2) is 7.41. The summed E-state index contributed by atoms with van der Waals surface area (Å²) in [6.45, 7) is 4.22. The van der Waals surface area contributed by atoms with E-state index in [0.717, 1.165) is 24.1 Å². The number of carbonyl (C=O) groups excluding carboxylic acids is 1. The van der Waals surface area contributed by atoms with Crippen molar-refractivity contribution in [2.45, 2.75) is 39.5 Å². The van der Waals surface area contributed by atoms with Crippen molar-refractivity contribution in [1.29, 1.82) is 5.41 Å². The maximum absolute atomic E-state index is 11.5. The highest BCUT2D eigenvalue weighted by molar-refractivity contribution is 6.01. The van der Waals surface area contributed by atoms with Crippen molar-refractivity contribution in [1.82, 2.24) is 5.32 Å². The van der Waals surface area contributed by atoms with Gasteiger partial charge in [-0.15, -0.1) is 0 Å². The number of nitrogens with two attached hydrogens (primary N) is 1. The minimum atomic E-state index is -0.483. The average molecular weight is 262 g/mol. The summed E-state index contributed by atoms with van der Waals surface area (Å²) >= 11 is 0. The largest absolute Gasteiger partial charge is 0.370 e. The van der Waals surface area contributed by atoms with Gasteiger partial charge < -0.3 is 11.1 Å². The topological polar surface area (TPSA) is 91.0 Å². The fourth-order valence-corrected chi connectivity index (χ4v) is 1.87. The lowest BCUT2D eigenvalue weighted by Crippen LogP contribution is -2.38. The Kier molecular flexibility index (Phi) is 5.85. The molecule has 1 aromatic carbocycles. The Morgan fingerprint density at radius 3 is 2.68 bits per heavy atom. The van der Waals surface area contributed by atoms with Crippen molar-refractivity contribution in [2.75, 3.05) is 5.32 Å². The van der Waals surface area contributed by atoms with Crippen molar-refractivity contribution >= 4 is 17.7 Å². The van der Waals surface area contributed by atoms with E-state index >= 15 is 0 Å². The SMILES string of the molecule is CCCCc1ccc(NC(=O)NC(=N)N)c(CC)c1. The van der Waals surface area contributed by atoms with Crippen molar-refractivity contribution in [2.24, 2.45) is 5.73 Å². The van der Waals surface area contributed by atoms with E-state index in [1.807, 2.05) is 19.1 Å². The average Bonchev–Trinajstić information content (AvgIpc) is 2.36. The molecule has 0 heterocycles. The van der Waals surface area contributed by atoms with E-state index in [4.69, 9.17) is 11.1 Å². The monoisotopic (exact) mass is 262 g/mol. The Hall–Kier alpha value is -2.04. The van der Waals surface area contributed by atoms with Gasteiger partial charge in [-0.05, 0) is 36.5 Å². The van der Waals surface area contributed by atoms with Crippen LogP contribution in [0.15, 0.2) is 18.2 Å². The van der Waals surface area contributed by atoms with Crippen LogP contribution in [0.2, 0.25) is 0 Å². The zero-order valence-electron chi connectivity index (χ0n) is 11.5. The molecule has 1 rings (SSSR count). The lowest BCUT2D eigenvalue weighted by atomic mass is 10.0. The molecule has 0 spiro atoms. The Labute approximate surface area is 114 Å². The van der Waals surface area contributed by atoms with Crippen LogP contribution in [0.5, 0.6) is 0 Å². The van der Waals surface area contributed by atoms with Gasteiger partial charge in [-0.2, -0.15) is 0 Å². The summed E-state index contributed by atoms with van der Waals surface area (Å²) in [7, 11) is 0. The molecule has 0 aliphatic heterocycles. The van der Waals surface area contributed by atoms with E-state index in [0.29, 0.717) is 0 Å². The number of urea groups is 1. The first-order chi connectivity index (χ1) is 9.06. The van der Waals surface area contributed by atoms with Gasteiger partial charge in [-0.3, -0.25) is 10.7 Å². The maximum Gasteiger partial charge on any atom is 0.325 e. The number of benzene rings is 1. The second-order valence-electron chi connectivity index (χ2n) is 4.44. The summed E-state index contributed by atoms with van der Waals surface area (Å²) in [5, 5.41) is 11.9. The lowest BCUT2D eigenvalue weighted by Gasteiger charge is -2.12. The van der Waals surface area contributed by atoms with Gasteiger partial charge in [0.2, 0.25) is 0 Å². The highest BCUT2D eigenvalue weighted by Gasteiger charge is 2.07. The van der Waals surface area contributed by atoms with Gasteiger partial charge in [0.15, 0.2) is 5.96 Å². The molecule has 0 aromatic heterocycles. The molecule has 0 radical (unpaired) electrons. The van der Waals surface area contributed by atoms with E-state index < -0.39 is 6.03 Å². The lowest BCUT2D eigenvalue weighted by molar-refractivity contribution is 0.256. The third-order valence-corrected chi connectivity index (χ3v) is 2.87. The van der Waals surface area contributed by atoms with Crippen LogP contribution in [0.3, 0.4) is 0 Å². The van der Waals surface area contributed by atoms with Crippen LogP contribution >= 0.6 is 0 Å². The summed E-state index contributed by atoms with van der Waals surface area (Å²) in [4.78, 5) is 11.5. The molecule has 5 nitrogen and oxygen atoms in total. The molecule has 5 N–H and O–H groups in total. The molecular weight excluding hydrogens is 240 g/mol. The Balaban J connectivity index is 2.78. The highest BCUT2D eigenvalue weighted by atomic mass is 16.2. The van der Waals surface area contributed by atoms with E-state index in [2.05, 4.69) is 23.6 Å². The molecule has 1 aromatic rings. The van der Waals surface area contributed by atoms with Crippen molar-refractivity contribution in [3.8, 4) is 0 Å². The summed E-state index contributed by atoms with van der Waals surface area (Å²) < 4.78 is 0. The zero-order chi connectivity index (χ0) is 14.3. The summed E-state index contributed by atoms with van der Waals surface area (Å²) in [5.74, 6) is -0.366. The number of anilines is 1. The third-order valence-electron chi connectivity index (χ3n) is 2.87. The zero-order valence-corrected chi connectivity index (χ0v) is 11.5. The highest BCUT2D eigenvalue weighted by Crippen LogP contribution is 2.19. The molecule has 0 atom stereocenters. The van der Waals surface area contributed by atoms with Crippen molar-refractivity contribution in [3.05, 3.63) is 29.3 Å². The van der Waals surface area contributed by atoms with E-state index in [1.54, 1.807) is 0 Å². The van der Waals surface area contributed by atoms with E-state index in [9.17, 15) is 4.79 Å². The molecular formula is C14H22N4O. The van der Waals surface area contributed by atoms with Crippen LogP contribution in [0.25, 0.3) is 0 Å². The van der Waals surface area contributed by atoms with Crippen LogP contribution in [-0.2, 0) is 12.8 Å². The molecule has 0 aliphatic rings. The quantitative estimate of drug-likeness (QED) is 0.485. The fourth-order valence-electron chi connectivity index (χ4n) is 1.87. The molecule has 0 saturated carbocycles. The number of hydrogen-bond acceptors (Lipinski definition) is 2. The second-order valence-corrected chi connectivity index (χ2v) is 4.44. The van der Waals surface area contributed by atoms with Gasteiger partial charge in [0.05, 0.1) is 0 Å². The first-order valence-corrected chi connectivity index (χ1v) is 6.60. The predicted octanol–water partition coefficient (Wildman–Crippen LogP) is 2.61. The van der Waals surface area contributed by atoms with Crippen molar-refractivity contribution in [3.63, 3.8) is 0 Å². The smallest absolute Gasteiger partial charge is 0.325 e. The molecule has 0 fully saturated rings. The Morgan fingerprint density at radius 2 is 2.11 bits per heavy atom. The molecule has 0 unspecified atom stereocenters. The molecule has 0 bridgehead atoms. The number of unbranched alkanes of at least 4 members (excludes halogenated alkanes) is 1. The molecule has 0 saturated heterocycles. The number of amides is 2. The van der Waals surface area contributed by atoms with E-state index in [-0.39, 0.29) is 5.96 Å². The first-order valence-electron chi connectivity index (χ1n) is 6.60. The van der Waals surface area contributed by atoms with Gasteiger partial charge in [-0.25, -0.2) is 4.79 Å². The van der Waals surface area contributed by atoms with Crippen LogP contribution in [0, 0.1) is 5.41 Å². The molecule has 19 heavy (non-hydrogen) atoms. The molecule has 104 valence electrons. The van der Waals surface area contributed by atoms with Gasteiger partial charge in [0.25, 0.3) is 0 Å². The van der Waals surface area contributed by atoms with Crippen molar-refractivity contribution < 1.29 is 4.79 Å². The Morgan fingerprint density at radius 1 is 1.37 bits per heavy atom. The number of carbonyl (C=O) groups is 1. The van der Waals surface area contributed by atoms with Crippen LogP contribution in [0.1, 0.15) is 37.8 Å². The van der Waals surface area contributed by atoms with Gasteiger partial charge in [0, 0.05) is 5.69 Å². The number of rotatable bonds is 5. The summed E-state index contributed by atoms with van der Waals surface area (Å²) in [6.07, 6.45) is 4.24. The third kappa shape index (κ3) is 4.99.